The number of nitrogens with one attached hydrogen (secondary N) is 4. The molecular weight excluding hydrogens is 1110 g/mol. The van der Waals surface area contributed by atoms with E-state index in [0.29, 0.717) is 63.7 Å². The van der Waals surface area contributed by atoms with Gasteiger partial charge in [-0.25, -0.2) is 14.8 Å². The summed E-state index contributed by atoms with van der Waals surface area (Å²) in [5, 5.41) is 7.34. The molecule has 0 atom stereocenters. The van der Waals surface area contributed by atoms with E-state index < -0.39 is 23.4 Å². The highest BCUT2D eigenvalue weighted by molar-refractivity contribution is 6.45. The van der Waals surface area contributed by atoms with Crippen LogP contribution in [0.2, 0.25) is 0 Å². The van der Waals surface area contributed by atoms with Gasteiger partial charge in [0.2, 0.25) is 11.8 Å². The molecule has 10 rings (SSSR count). The third-order valence-corrected chi connectivity index (χ3v) is 12.9. The lowest BCUT2D eigenvalue weighted by Gasteiger charge is -2.34. The van der Waals surface area contributed by atoms with E-state index in [1.165, 1.54) is 58.1 Å². The number of carbonyl (C=O) groups is 7. The molecule has 22 nitrogen and oxygen atoms in total. The van der Waals surface area contributed by atoms with Crippen LogP contribution in [-0.4, -0.2) is 195 Å². The van der Waals surface area contributed by atoms with Crippen molar-refractivity contribution in [1.82, 2.24) is 50.2 Å². The summed E-state index contributed by atoms with van der Waals surface area (Å²) in [5.74, 6) is -1.43. The van der Waals surface area contributed by atoms with Gasteiger partial charge in [-0.3, -0.25) is 28.8 Å². The summed E-state index contributed by atoms with van der Waals surface area (Å²) in [6.45, 7) is 8.15. The average Bonchev–Trinajstić information content (AvgIpc) is 4.20. The van der Waals surface area contributed by atoms with Crippen molar-refractivity contribution in [3.8, 4) is 23.3 Å². The molecule has 0 spiro atoms. The van der Waals surface area contributed by atoms with Crippen molar-refractivity contribution < 1.29 is 57.2 Å². The molecule has 0 radical (unpaired) electrons. The number of rotatable bonds is 11. The number of hydrogen-bond donors (Lipinski definition) is 4. The third kappa shape index (κ3) is 16.0. The van der Waals surface area contributed by atoms with Gasteiger partial charge in [-0.2, -0.15) is 0 Å². The van der Waals surface area contributed by atoms with E-state index in [4.69, 9.17) is 18.9 Å². The fourth-order valence-electron chi connectivity index (χ4n) is 8.77. The van der Waals surface area contributed by atoms with Gasteiger partial charge in [-0.15, -0.1) is 37.2 Å². The van der Waals surface area contributed by atoms with Crippen molar-refractivity contribution in [2.75, 3.05) is 114 Å². The number of Topliss-reactive ketones (excluding diaryl/α,β-unsaturated/α-hetero) is 2. The quantitative estimate of drug-likeness (QED) is 0.0717. The van der Waals surface area contributed by atoms with Crippen molar-refractivity contribution in [2.45, 2.75) is 0 Å². The summed E-state index contributed by atoms with van der Waals surface area (Å²) in [6, 6.07) is 27.9. The monoisotopic (exact) mass is 1170 g/mol. The first kappa shape index (κ1) is 65.2. The maximum absolute atomic E-state index is 13.0. The number of amides is 4. The molecule has 0 unspecified atom stereocenters. The van der Waals surface area contributed by atoms with E-state index >= 15 is 0 Å². The van der Waals surface area contributed by atoms with Gasteiger partial charge in [0, 0.05) is 108 Å². The maximum Gasteiger partial charge on any atom is 0.379 e. The van der Waals surface area contributed by atoms with Gasteiger partial charge in [0.25, 0.3) is 35.2 Å². The molecule has 432 valence electrons. The molecule has 7 heterocycles. The number of benzene rings is 3. The van der Waals surface area contributed by atoms with Crippen LogP contribution in [0.25, 0.3) is 21.8 Å². The van der Waals surface area contributed by atoms with Crippen LogP contribution in [0.3, 0.4) is 0 Å². The Hall–Kier alpha value is -8.28. The molecule has 0 bridgehead atoms. The molecule has 0 saturated carbocycles. The van der Waals surface area contributed by atoms with Gasteiger partial charge in [0.15, 0.2) is 0 Å². The van der Waals surface area contributed by atoms with Gasteiger partial charge in [0.1, 0.15) is 22.5 Å². The van der Waals surface area contributed by atoms with Crippen molar-refractivity contribution in [1.29, 1.82) is 0 Å². The molecule has 4 N–H and O–H groups in total. The summed E-state index contributed by atoms with van der Waals surface area (Å²) in [4.78, 5) is 106. The number of aromatic nitrogens is 4. The summed E-state index contributed by atoms with van der Waals surface area (Å²) in [6.07, 6.45) is 5.73. The first-order valence-corrected chi connectivity index (χ1v) is 25.0. The zero-order valence-corrected chi connectivity index (χ0v) is 47.7. The van der Waals surface area contributed by atoms with Gasteiger partial charge in [0.05, 0.1) is 69.8 Å². The Bertz CT molecular complexity index is 3140. The lowest BCUT2D eigenvalue weighted by molar-refractivity contribution is -0.135. The normalized spacial score (nSPS) is 13.5. The van der Waals surface area contributed by atoms with Crippen LogP contribution in [-0.2, 0) is 14.3 Å². The lowest BCUT2D eigenvalue weighted by atomic mass is 10.1. The van der Waals surface area contributed by atoms with Crippen LogP contribution >= 0.6 is 37.2 Å². The van der Waals surface area contributed by atoms with E-state index in [2.05, 4.69) is 35.3 Å². The predicted octanol–water partition coefficient (Wildman–Crippen LogP) is 5.41. The number of methoxy groups -OCH3 is 5. The van der Waals surface area contributed by atoms with Crippen LogP contribution < -0.4 is 29.6 Å². The Balaban J connectivity index is 0.000000244. The van der Waals surface area contributed by atoms with Crippen molar-refractivity contribution in [3.05, 3.63) is 144 Å². The molecule has 4 aromatic heterocycles. The molecule has 0 aliphatic carbocycles. The molecule has 3 saturated heterocycles. The van der Waals surface area contributed by atoms with Gasteiger partial charge in [-0.1, -0.05) is 54.6 Å². The van der Waals surface area contributed by atoms with Gasteiger partial charge >= 0.3 is 5.97 Å². The standard InChI is InChI=1S/C22H22N4O5.C12H12N2O5.2C11H14N2O.3ClH/c1-30-16-13-24-20(31-2)18-17(16)15(12-23-18)19(27)22(29)26-10-8-25(9-11-26)21(28)14-6-4-3-5-7-14;1-17-7-5-14-11(18-2)9-8(7)6(4-13-9)10(15)12(16)19-3;2*14-11(10-4-2-1-3-5-10)13-8-6-12-7-9-13;;;/h3-7,12-13,23H,8-11H2,1-2H3;4-5,13H,1-3H3;2*1-5,12H,6-9H2;3*1H. The Kier molecular flexibility index (Phi) is 25.8. The highest BCUT2D eigenvalue weighted by Crippen LogP contribution is 2.35. The number of nitrogens with zero attached hydrogens (tertiary/aromatic N) is 6. The van der Waals surface area contributed by atoms with E-state index in [1.54, 1.807) is 17.0 Å². The largest absolute Gasteiger partial charge is 0.494 e. The number of H-pyrrole nitrogens is 2. The lowest BCUT2D eigenvalue weighted by Crippen LogP contribution is -2.52. The third-order valence-electron chi connectivity index (χ3n) is 12.9. The number of aromatic amines is 2. The fraction of sp³-hybridized carbons (Fsp3) is 0.304. The minimum Gasteiger partial charge on any atom is -0.494 e. The molecule has 25 heteroatoms. The number of ether oxygens (including phenoxy) is 5. The number of carbonyl (C=O) groups excluding carboxylic acids is 7. The molecule has 3 fully saturated rings. The summed E-state index contributed by atoms with van der Waals surface area (Å²) >= 11 is 0. The first-order chi connectivity index (χ1) is 37.9. The first-order valence-electron chi connectivity index (χ1n) is 25.0. The minimum absolute atomic E-state index is 0. The zero-order valence-electron chi connectivity index (χ0n) is 45.3. The number of pyridine rings is 2. The van der Waals surface area contributed by atoms with Crippen molar-refractivity contribution in [2.24, 2.45) is 0 Å². The number of ketones is 2. The topological polar surface area (TPSA) is 260 Å². The average molecular weight is 1180 g/mol. The molecule has 81 heavy (non-hydrogen) atoms. The summed E-state index contributed by atoms with van der Waals surface area (Å²) in [7, 11) is 6.99. The Morgan fingerprint density at radius 3 is 1.10 bits per heavy atom. The van der Waals surface area contributed by atoms with E-state index in [0.717, 1.165) is 70.6 Å². The second kappa shape index (κ2) is 32.1. The van der Waals surface area contributed by atoms with E-state index in [1.807, 2.05) is 88.7 Å². The van der Waals surface area contributed by atoms with E-state index in [9.17, 15) is 33.6 Å². The Labute approximate surface area is 486 Å². The maximum atomic E-state index is 13.0. The van der Waals surface area contributed by atoms with Crippen LogP contribution in [0.1, 0.15) is 51.8 Å². The number of fused-ring (bicyclic) bond motifs is 2. The predicted molar refractivity (Wildman–Crippen MR) is 310 cm³/mol. The van der Waals surface area contributed by atoms with Crippen LogP contribution in [0.4, 0.5) is 0 Å². The van der Waals surface area contributed by atoms with Crippen LogP contribution in [0.15, 0.2) is 116 Å². The Morgan fingerprint density at radius 2 is 0.765 bits per heavy atom. The summed E-state index contributed by atoms with van der Waals surface area (Å²) in [5.41, 5.74) is 3.49. The molecule has 4 amide bonds. The number of esters is 1. The second-order valence-electron chi connectivity index (χ2n) is 17.5. The SMILES string of the molecule is COC(=O)C(=O)c1c[nH]c2c(OC)ncc(OC)c12.COc1ncc(OC)c2c(C(=O)C(=O)N3CCN(C(=O)c4ccccc4)CC3)c[nH]c12.Cl.Cl.Cl.O=C(c1ccccc1)N1CCNCC1.O=C(c1ccccc1)N1CCNCC1. The summed E-state index contributed by atoms with van der Waals surface area (Å²) < 4.78 is 25.2. The molecular formula is C56H65Cl3N10O12. The van der Waals surface area contributed by atoms with Gasteiger partial charge in [-0.05, 0) is 36.4 Å². The number of piperazine rings is 3. The number of halogens is 3. The highest BCUT2D eigenvalue weighted by atomic mass is 35.5. The van der Waals surface area contributed by atoms with Crippen LogP contribution in [0, 0.1) is 0 Å². The zero-order chi connectivity index (χ0) is 55.6. The molecule has 7 aromatic rings. The number of hydrogen-bond acceptors (Lipinski definition) is 16. The Morgan fingerprint density at radius 1 is 0.432 bits per heavy atom. The molecule has 3 aromatic carbocycles. The second-order valence-corrected chi connectivity index (χ2v) is 17.5. The highest BCUT2D eigenvalue weighted by Gasteiger charge is 2.32. The minimum atomic E-state index is -0.946. The van der Waals surface area contributed by atoms with E-state index in [-0.39, 0.29) is 79.2 Å². The van der Waals surface area contributed by atoms with Crippen LogP contribution in [0.5, 0.6) is 23.3 Å². The molecule has 3 aliphatic heterocycles. The van der Waals surface area contributed by atoms with Gasteiger partial charge < -0.3 is 63.9 Å². The molecule has 3 aliphatic rings. The smallest absolute Gasteiger partial charge is 0.379 e. The fourth-order valence-corrected chi connectivity index (χ4v) is 8.77. The van der Waals surface area contributed by atoms with Crippen molar-refractivity contribution in [3.63, 3.8) is 0 Å². The van der Waals surface area contributed by atoms with Crippen molar-refractivity contribution >= 4 is 100 Å².